The number of anilines is 2. The first kappa shape index (κ1) is 50.5. The normalized spacial score (nSPS) is 20.1. The number of carbonyl (C=O) groups is 1. The average molecular weight is 1040 g/mol. The van der Waals surface area contributed by atoms with Gasteiger partial charge in [0.1, 0.15) is 53.9 Å². The van der Waals surface area contributed by atoms with E-state index in [1.807, 2.05) is 38.1 Å². The number of nitrogen functional groups attached to an aromatic ring is 1. The number of nitrogens with two attached hydrogens (primary N) is 1. The molecule has 69 heavy (non-hydrogen) atoms. The van der Waals surface area contributed by atoms with Crippen LogP contribution in [0.2, 0.25) is 0 Å². The van der Waals surface area contributed by atoms with Crippen molar-refractivity contribution in [2.75, 3.05) is 49.2 Å². The lowest BCUT2D eigenvalue weighted by Crippen LogP contribution is -2.46. The van der Waals surface area contributed by atoms with Crippen molar-refractivity contribution in [1.82, 2.24) is 24.4 Å². The zero-order chi connectivity index (χ0) is 49.7. The molecule has 2 aromatic carbocycles. The lowest BCUT2D eigenvalue weighted by molar-refractivity contribution is -0.120. The van der Waals surface area contributed by atoms with Gasteiger partial charge in [0.25, 0.3) is 10.1 Å². The minimum atomic E-state index is -5.69. The second-order valence-electron chi connectivity index (χ2n) is 17.2. The summed E-state index contributed by atoms with van der Waals surface area (Å²) >= 11 is 0. The zero-order valence-corrected chi connectivity index (χ0v) is 40.9. The SMILES string of the molecule is CC[N+]1=c2cc3c(cc2CCC1)=Nc1cc2c(cc1O3)N(CCCC(=O)NCC#Cc1cn([C@H]3CC[C@@H](COP(=O)(O)OP(=O)(O)OP(=O)(O)O)O3)c3ncnc(N)c13)C(C)(C)C=C2CS(=O)(=O)O. The first-order chi connectivity index (χ1) is 32.4. The third-order valence-electron chi connectivity index (χ3n) is 11.7. The van der Waals surface area contributed by atoms with Crippen molar-refractivity contribution < 1.29 is 73.7 Å². The molecule has 8 rings (SSSR count). The standard InChI is InChI=1S/C41H49N8O16P3S/c1-4-47-14-6-9-25-16-30-34(18-32(25)47)63-35-19-33-29(17-31(35)46-30)27(23-69(58,59)60)20-41(2,3)49(33)15-7-10-36(50)43-13-5-8-26-21-48(40-38(26)39(42)44-24-45-40)37-12-11-28(62-37)22-61-67(54,55)65-68(56,57)64-66(51,52)53/h16-21,24,28,37H,4,6-7,9-15,22-23H2,1-3H3,(H7-,42,43,44,45,50,51,52,53,54,55,56,57,58,59,60)/p+1/t28-,37+/m0/s1. The van der Waals surface area contributed by atoms with Gasteiger partial charge in [0.15, 0.2) is 11.5 Å². The molecule has 4 aromatic rings. The maximum absolute atomic E-state index is 13.2. The summed E-state index contributed by atoms with van der Waals surface area (Å²) in [5.74, 6) is 6.28. The second kappa shape index (κ2) is 19.4. The molecule has 24 nitrogen and oxygen atoms in total. The van der Waals surface area contributed by atoms with Gasteiger partial charge in [0.05, 0.1) is 41.8 Å². The minimum Gasteiger partial charge on any atom is -0.452 e. The van der Waals surface area contributed by atoms with Gasteiger partial charge in [-0.15, -0.1) is 0 Å². The Morgan fingerprint density at radius 2 is 1.86 bits per heavy atom. The first-order valence-corrected chi connectivity index (χ1v) is 27.8. The number of aromatic nitrogens is 3. The van der Waals surface area contributed by atoms with Gasteiger partial charge in [-0.2, -0.15) is 17.0 Å². The monoisotopic (exact) mass is 1040 g/mol. The predicted octanol–water partition coefficient (Wildman–Crippen LogP) is 3.37. The van der Waals surface area contributed by atoms with Gasteiger partial charge in [0, 0.05) is 48.5 Å². The highest BCUT2D eigenvalue weighted by atomic mass is 32.2. The molecule has 2 unspecified atom stereocenters. The summed E-state index contributed by atoms with van der Waals surface area (Å²) in [6.07, 6.45) is 6.20. The van der Waals surface area contributed by atoms with Gasteiger partial charge in [-0.05, 0) is 64.2 Å². The maximum Gasteiger partial charge on any atom is 0.490 e. The molecule has 1 saturated heterocycles. The molecule has 0 bridgehead atoms. The molecule has 4 aliphatic rings. The van der Waals surface area contributed by atoms with E-state index in [2.05, 4.69) is 52.1 Å². The van der Waals surface area contributed by atoms with Gasteiger partial charge in [-0.1, -0.05) is 17.9 Å². The summed E-state index contributed by atoms with van der Waals surface area (Å²) in [5, 5.41) is 5.01. The van der Waals surface area contributed by atoms with Crippen molar-refractivity contribution >= 4 is 73.3 Å². The Kier molecular flexibility index (Phi) is 14.2. The third kappa shape index (κ3) is 11.8. The summed E-state index contributed by atoms with van der Waals surface area (Å²) in [6.45, 7) is 7.51. The second-order valence-corrected chi connectivity index (χ2v) is 23.0. The van der Waals surface area contributed by atoms with E-state index in [0.29, 0.717) is 75.4 Å². The van der Waals surface area contributed by atoms with Gasteiger partial charge in [-0.25, -0.2) is 33.2 Å². The quantitative estimate of drug-likeness (QED) is 0.0322. The molecule has 370 valence electrons. The molecule has 6 heterocycles. The van der Waals surface area contributed by atoms with Crippen LogP contribution in [0.5, 0.6) is 11.5 Å². The fourth-order valence-corrected chi connectivity index (χ4v) is 12.6. The molecule has 1 amide bonds. The Labute approximate surface area is 395 Å². The summed E-state index contributed by atoms with van der Waals surface area (Å²) in [4.78, 5) is 65.3. The number of amides is 1. The highest BCUT2D eigenvalue weighted by Crippen LogP contribution is 2.66. The van der Waals surface area contributed by atoms with E-state index in [4.69, 9.17) is 34.5 Å². The molecule has 4 atom stereocenters. The Bertz CT molecular complexity index is 3240. The lowest BCUT2D eigenvalue weighted by Gasteiger charge is -2.44. The summed E-state index contributed by atoms with van der Waals surface area (Å²) < 4.78 is 97.9. The smallest absolute Gasteiger partial charge is 0.452 e. The Hall–Kier alpha value is -4.89. The van der Waals surface area contributed by atoms with Crippen molar-refractivity contribution in [3.8, 4) is 23.3 Å². The summed E-state index contributed by atoms with van der Waals surface area (Å²) in [6, 6.07) is 7.70. The number of ether oxygens (including phenoxy) is 2. The number of carbonyl (C=O) groups excluding carboxylic acids is 1. The van der Waals surface area contributed by atoms with E-state index >= 15 is 0 Å². The number of aryl methyl sites for hydroxylation is 1. The topological polar surface area (TPSA) is 337 Å². The number of fused-ring (bicyclic) bond motifs is 5. The number of hydrogen-bond donors (Lipinski definition) is 7. The van der Waals surface area contributed by atoms with Crippen LogP contribution >= 0.6 is 23.5 Å². The number of hydrogen-bond acceptors (Lipinski definition) is 16. The summed E-state index contributed by atoms with van der Waals surface area (Å²) in [7, 11) is -21.0. The van der Waals surface area contributed by atoms with Crippen molar-refractivity contribution in [3.05, 3.63) is 70.3 Å². The molecule has 0 saturated carbocycles. The molecule has 2 aromatic heterocycles. The van der Waals surface area contributed by atoms with Crippen LogP contribution in [-0.4, -0.2) is 103 Å². The molecule has 8 N–H and O–H groups in total. The van der Waals surface area contributed by atoms with Crippen molar-refractivity contribution in [3.63, 3.8) is 0 Å². The van der Waals surface area contributed by atoms with E-state index in [1.165, 1.54) is 11.9 Å². The molecular weight excluding hydrogens is 985 g/mol. The van der Waals surface area contributed by atoms with E-state index < -0.39 is 63.8 Å². The van der Waals surface area contributed by atoms with Gasteiger partial charge in [-0.3, -0.25) is 13.9 Å². The molecule has 1 fully saturated rings. The van der Waals surface area contributed by atoms with Gasteiger partial charge in [0.2, 0.25) is 11.3 Å². The first-order valence-electron chi connectivity index (χ1n) is 21.6. The largest absolute Gasteiger partial charge is 0.490 e. The number of nitrogens with one attached hydrogen (secondary N) is 1. The fourth-order valence-electron chi connectivity index (χ4n) is 8.93. The van der Waals surface area contributed by atoms with Crippen LogP contribution in [0.15, 0.2) is 47.9 Å². The predicted molar refractivity (Wildman–Crippen MR) is 248 cm³/mol. The van der Waals surface area contributed by atoms with Crippen molar-refractivity contribution in [2.45, 2.75) is 77.2 Å². The number of phosphoric acid groups is 3. The van der Waals surface area contributed by atoms with Crippen LogP contribution in [-0.2, 0) is 52.9 Å². The van der Waals surface area contributed by atoms with E-state index in [0.717, 1.165) is 31.3 Å². The zero-order valence-electron chi connectivity index (χ0n) is 37.4. The third-order valence-corrected chi connectivity index (χ3v) is 16.2. The average Bonchev–Trinajstić information content (AvgIpc) is 3.87. The molecule has 0 aliphatic carbocycles. The Balaban J connectivity index is 0.916. The fraction of sp³-hybridized carbons (Fsp3) is 0.439. The highest BCUT2D eigenvalue weighted by molar-refractivity contribution is 7.86. The van der Waals surface area contributed by atoms with Crippen LogP contribution in [0.25, 0.3) is 16.6 Å². The molecule has 0 spiro atoms. The molecular formula is C41H50N8O16P3S+. The summed E-state index contributed by atoms with van der Waals surface area (Å²) in [5.41, 5.74) is 9.63. The molecule has 4 aliphatic heterocycles. The Morgan fingerprint density at radius 1 is 1.07 bits per heavy atom. The minimum absolute atomic E-state index is 0.0326. The van der Waals surface area contributed by atoms with E-state index in [-0.39, 0.29) is 31.1 Å². The number of benzene rings is 2. The van der Waals surface area contributed by atoms with Crippen LogP contribution in [0.4, 0.5) is 17.2 Å². The van der Waals surface area contributed by atoms with E-state index in [9.17, 15) is 41.2 Å². The number of phosphoric ester groups is 1. The van der Waals surface area contributed by atoms with Crippen LogP contribution < -0.4 is 36.0 Å². The van der Waals surface area contributed by atoms with Crippen molar-refractivity contribution in [2.24, 2.45) is 4.99 Å². The van der Waals surface area contributed by atoms with Gasteiger partial charge < -0.3 is 49.6 Å². The Morgan fingerprint density at radius 3 is 2.59 bits per heavy atom. The lowest BCUT2D eigenvalue weighted by atomic mass is 9.88. The van der Waals surface area contributed by atoms with Crippen LogP contribution in [0.1, 0.15) is 75.8 Å². The van der Waals surface area contributed by atoms with Crippen LogP contribution in [0, 0.1) is 11.8 Å². The van der Waals surface area contributed by atoms with Gasteiger partial charge >= 0.3 is 23.5 Å². The number of rotatable bonds is 16. The molecule has 28 heteroatoms. The number of nitrogens with zero attached hydrogens (tertiary/aromatic N) is 6. The van der Waals surface area contributed by atoms with Crippen molar-refractivity contribution in [1.29, 1.82) is 0 Å². The molecule has 0 radical (unpaired) electrons. The highest BCUT2D eigenvalue weighted by Gasteiger charge is 2.42. The van der Waals surface area contributed by atoms with E-state index in [1.54, 1.807) is 16.8 Å². The van der Waals surface area contributed by atoms with Crippen LogP contribution in [0.3, 0.4) is 0 Å². The maximum atomic E-state index is 13.2.